The van der Waals surface area contributed by atoms with Gasteiger partial charge in [0, 0.05) is 0 Å². The van der Waals surface area contributed by atoms with Gasteiger partial charge in [0.05, 0.1) is 24.6 Å². The van der Waals surface area contributed by atoms with E-state index >= 15 is 0 Å². The van der Waals surface area contributed by atoms with E-state index in [0.29, 0.717) is 27.9 Å². The van der Waals surface area contributed by atoms with Crippen molar-refractivity contribution in [1.29, 1.82) is 0 Å². The SMILES string of the molecule is CC(C)C(O)(c1ccc(CC(=O)O)c(-c2ccc(F)cc2)c1)c1cnc[nH]1. The molecule has 0 radical (unpaired) electrons. The number of rotatable bonds is 6. The first-order valence-corrected chi connectivity index (χ1v) is 8.64. The van der Waals surface area contributed by atoms with Crippen LogP contribution in [0.5, 0.6) is 0 Å². The molecule has 0 fully saturated rings. The van der Waals surface area contributed by atoms with Gasteiger partial charge in [-0.1, -0.05) is 38.1 Å². The van der Waals surface area contributed by atoms with Crippen molar-refractivity contribution >= 4 is 5.97 Å². The molecule has 3 rings (SSSR count). The normalized spacial score (nSPS) is 13.5. The number of nitrogens with one attached hydrogen (secondary N) is 1. The molecular weight excluding hydrogens is 347 g/mol. The molecule has 0 aliphatic carbocycles. The number of hydrogen-bond acceptors (Lipinski definition) is 3. The van der Waals surface area contributed by atoms with E-state index in [0.717, 1.165) is 0 Å². The minimum atomic E-state index is -1.33. The van der Waals surface area contributed by atoms with Gasteiger partial charge < -0.3 is 15.2 Å². The molecule has 0 spiro atoms. The van der Waals surface area contributed by atoms with Crippen LogP contribution in [0.15, 0.2) is 55.0 Å². The third-order valence-electron chi connectivity index (χ3n) is 4.79. The predicted octanol–water partition coefficient (Wildman–Crippen LogP) is 3.73. The number of nitrogens with zero attached hydrogens (tertiary/aromatic N) is 1. The zero-order valence-electron chi connectivity index (χ0n) is 15.1. The second-order valence-electron chi connectivity index (χ2n) is 6.84. The van der Waals surface area contributed by atoms with Gasteiger partial charge in [0.1, 0.15) is 11.4 Å². The third-order valence-corrected chi connectivity index (χ3v) is 4.79. The van der Waals surface area contributed by atoms with Crippen LogP contribution in [-0.4, -0.2) is 26.2 Å². The Bertz CT molecular complexity index is 937. The van der Waals surface area contributed by atoms with Gasteiger partial charge >= 0.3 is 5.97 Å². The van der Waals surface area contributed by atoms with Crippen LogP contribution in [0.25, 0.3) is 11.1 Å². The lowest BCUT2D eigenvalue weighted by molar-refractivity contribution is -0.136. The summed E-state index contributed by atoms with van der Waals surface area (Å²) in [6.45, 7) is 3.78. The Morgan fingerprint density at radius 1 is 1.22 bits per heavy atom. The van der Waals surface area contributed by atoms with Crippen molar-refractivity contribution in [2.75, 3.05) is 0 Å². The number of aromatic nitrogens is 2. The van der Waals surface area contributed by atoms with Crippen LogP contribution in [0.2, 0.25) is 0 Å². The third kappa shape index (κ3) is 3.61. The van der Waals surface area contributed by atoms with E-state index in [1.54, 1.807) is 36.5 Å². The highest BCUT2D eigenvalue weighted by Crippen LogP contribution is 2.38. The fourth-order valence-corrected chi connectivity index (χ4v) is 3.29. The average Bonchev–Trinajstić information content (AvgIpc) is 3.16. The predicted molar refractivity (Wildman–Crippen MR) is 99.6 cm³/mol. The Hall–Kier alpha value is -2.99. The molecule has 2 aromatic carbocycles. The first-order valence-electron chi connectivity index (χ1n) is 8.64. The molecule has 1 heterocycles. The fourth-order valence-electron chi connectivity index (χ4n) is 3.29. The van der Waals surface area contributed by atoms with Crippen LogP contribution < -0.4 is 0 Å². The number of imidazole rings is 1. The molecule has 1 atom stereocenters. The van der Waals surface area contributed by atoms with Crippen molar-refractivity contribution in [1.82, 2.24) is 9.97 Å². The van der Waals surface area contributed by atoms with Gasteiger partial charge in [-0.15, -0.1) is 0 Å². The molecule has 3 aromatic rings. The number of aliphatic hydroxyl groups is 1. The first kappa shape index (κ1) is 18.8. The van der Waals surface area contributed by atoms with Crippen molar-refractivity contribution in [3.63, 3.8) is 0 Å². The molecule has 6 heteroatoms. The van der Waals surface area contributed by atoms with E-state index in [1.165, 1.54) is 18.5 Å². The summed E-state index contributed by atoms with van der Waals surface area (Å²) >= 11 is 0. The van der Waals surface area contributed by atoms with Crippen LogP contribution >= 0.6 is 0 Å². The van der Waals surface area contributed by atoms with Gasteiger partial charge in [0.15, 0.2) is 0 Å². The van der Waals surface area contributed by atoms with Crippen LogP contribution in [0, 0.1) is 11.7 Å². The zero-order chi connectivity index (χ0) is 19.6. The Morgan fingerprint density at radius 2 is 1.93 bits per heavy atom. The quantitative estimate of drug-likeness (QED) is 0.619. The summed E-state index contributed by atoms with van der Waals surface area (Å²) in [6.07, 6.45) is 2.91. The second-order valence-corrected chi connectivity index (χ2v) is 6.84. The summed E-state index contributed by atoms with van der Waals surface area (Å²) in [5.41, 5.74) is 1.75. The van der Waals surface area contributed by atoms with Crippen molar-refractivity contribution in [3.8, 4) is 11.1 Å². The number of aliphatic carboxylic acids is 1. The number of halogens is 1. The maximum Gasteiger partial charge on any atom is 0.307 e. The van der Waals surface area contributed by atoms with E-state index in [4.69, 9.17) is 0 Å². The maximum absolute atomic E-state index is 13.3. The molecule has 3 N–H and O–H groups in total. The van der Waals surface area contributed by atoms with Gasteiger partial charge in [0.25, 0.3) is 0 Å². The summed E-state index contributed by atoms with van der Waals surface area (Å²) < 4.78 is 13.3. The van der Waals surface area contributed by atoms with Crippen LogP contribution in [-0.2, 0) is 16.8 Å². The van der Waals surface area contributed by atoms with Crippen molar-refractivity contribution in [2.24, 2.45) is 5.92 Å². The van der Waals surface area contributed by atoms with Gasteiger partial charge in [0.2, 0.25) is 0 Å². The van der Waals surface area contributed by atoms with Crippen molar-refractivity contribution in [3.05, 3.63) is 77.6 Å². The minimum absolute atomic E-state index is 0.169. The minimum Gasteiger partial charge on any atom is -0.481 e. The largest absolute Gasteiger partial charge is 0.481 e. The lowest BCUT2D eigenvalue weighted by Gasteiger charge is -2.32. The zero-order valence-corrected chi connectivity index (χ0v) is 15.1. The molecule has 0 aliphatic heterocycles. The van der Waals surface area contributed by atoms with E-state index in [1.807, 2.05) is 13.8 Å². The first-order chi connectivity index (χ1) is 12.8. The summed E-state index contributed by atoms with van der Waals surface area (Å²) in [5, 5.41) is 20.7. The van der Waals surface area contributed by atoms with E-state index < -0.39 is 11.6 Å². The van der Waals surface area contributed by atoms with Crippen LogP contribution in [0.3, 0.4) is 0 Å². The fraction of sp³-hybridized carbons (Fsp3) is 0.238. The Morgan fingerprint density at radius 3 is 2.48 bits per heavy atom. The van der Waals surface area contributed by atoms with Crippen molar-refractivity contribution < 1.29 is 19.4 Å². The van der Waals surface area contributed by atoms with E-state index in [2.05, 4.69) is 9.97 Å². The number of H-pyrrole nitrogens is 1. The summed E-state index contributed by atoms with van der Waals surface area (Å²) in [5.74, 6) is -1.51. The van der Waals surface area contributed by atoms with E-state index in [9.17, 15) is 19.4 Å². The Kier molecular flexibility index (Phi) is 5.10. The van der Waals surface area contributed by atoms with Gasteiger partial charge in [-0.3, -0.25) is 4.79 Å². The van der Waals surface area contributed by atoms with Crippen LogP contribution in [0.4, 0.5) is 4.39 Å². The number of carbonyl (C=O) groups is 1. The molecule has 0 amide bonds. The molecule has 0 aliphatic rings. The molecular formula is C21H21FN2O3. The highest BCUT2D eigenvalue weighted by molar-refractivity contribution is 5.77. The molecule has 0 saturated carbocycles. The number of hydrogen-bond donors (Lipinski definition) is 3. The highest BCUT2D eigenvalue weighted by Gasteiger charge is 2.37. The Labute approximate surface area is 156 Å². The molecule has 0 bridgehead atoms. The molecule has 1 unspecified atom stereocenters. The molecule has 140 valence electrons. The van der Waals surface area contributed by atoms with Gasteiger partial charge in [-0.2, -0.15) is 0 Å². The molecule has 0 saturated heterocycles. The monoisotopic (exact) mass is 368 g/mol. The lowest BCUT2D eigenvalue weighted by atomic mass is 9.79. The topological polar surface area (TPSA) is 86.2 Å². The molecule has 27 heavy (non-hydrogen) atoms. The van der Waals surface area contributed by atoms with Gasteiger partial charge in [-0.25, -0.2) is 9.37 Å². The lowest BCUT2D eigenvalue weighted by Crippen LogP contribution is -2.34. The van der Waals surface area contributed by atoms with Crippen molar-refractivity contribution in [2.45, 2.75) is 25.9 Å². The number of benzene rings is 2. The average molecular weight is 368 g/mol. The summed E-state index contributed by atoms with van der Waals surface area (Å²) in [7, 11) is 0. The maximum atomic E-state index is 13.3. The van der Waals surface area contributed by atoms with Gasteiger partial charge in [-0.05, 0) is 46.4 Å². The number of carboxylic acid groups (broad SMARTS) is 1. The summed E-state index contributed by atoms with van der Waals surface area (Å²) in [6, 6.07) is 11.1. The smallest absolute Gasteiger partial charge is 0.307 e. The second kappa shape index (κ2) is 7.32. The van der Waals surface area contributed by atoms with Crippen LogP contribution in [0.1, 0.15) is 30.7 Å². The Balaban J connectivity index is 2.19. The molecule has 5 nitrogen and oxygen atoms in total. The molecule has 1 aromatic heterocycles. The van der Waals surface area contributed by atoms with E-state index in [-0.39, 0.29) is 18.2 Å². The number of carboxylic acids is 1. The summed E-state index contributed by atoms with van der Waals surface area (Å²) in [4.78, 5) is 18.2. The standard InChI is InChI=1S/C21H21FN2O3/c1-13(2)21(27,19-11-23-12-24-19)16-6-3-15(9-20(25)26)18(10-16)14-4-7-17(22)8-5-14/h3-8,10-13,27H,9H2,1-2H3,(H,23,24)(H,25,26). The highest BCUT2D eigenvalue weighted by atomic mass is 19.1. The number of aromatic amines is 1.